The molecule has 3 heteroatoms. The lowest BCUT2D eigenvalue weighted by Crippen LogP contribution is -2.53. The van der Waals surface area contributed by atoms with Crippen LogP contribution in [0.4, 0.5) is 0 Å². The number of likely N-dealkylation sites (tertiary alicyclic amines) is 1. The van der Waals surface area contributed by atoms with Crippen molar-refractivity contribution >= 4 is 0 Å². The van der Waals surface area contributed by atoms with Crippen LogP contribution < -0.4 is 0 Å². The Bertz CT molecular complexity index is 130. The Morgan fingerprint density at radius 2 is 2.09 bits per heavy atom. The molecule has 1 aliphatic heterocycles. The molecular formula is C8H15NO2. The van der Waals surface area contributed by atoms with E-state index in [0.29, 0.717) is 12.7 Å². The first-order valence-electron chi connectivity index (χ1n) is 4.36. The van der Waals surface area contributed by atoms with Crippen molar-refractivity contribution in [3.05, 3.63) is 0 Å². The maximum Gasteiger partial charge on any atom is 0.0830 e. The number of aliphatic hydroxyl groups is 1. The first-order valence-corrected chi connectivity index (χ1v) is 4.36. The van der Waals surface area contributed by atoms with E-state index in [1.807, 2.05) is 0 Å². The van der Waals surface area contributed by atoms with Gasteiger partial charge >= 0.3 is 0 Å². The molecule has 0 bridgehead atoms. The number of hydrogen-bond donors (Lipinski definition) is 1. The summed E-state index contributed by atoms with van der Waals surface area (Å²) in [5.41, 5.74) is 0. The van der Waals surface area contributed by atoms with E-state index in [9.17, 15) is 0 Å². The highest BCUT2D eigenvalue weighted by molar-refractivity contribution is 4.93. The van der Waals surface area contributed by atoms with Gasteiger partial charge < -0.3 is 9.84 Å². The third-order valence-electron chi connectivity index (χ3n) is 2.38. The topological polar surface area (TPSA) is 32.7 Å². The molecule has 3 nitrogen and oxygen atoms in total. The zero-order valence-corrected chi connectivity index (χ0v) is 6.70. The molecule has 1 aliphatic carbocycles. The molecule has 0 aromatic rings. The SMILES string of the molecule is OCCOC1CN(C2CC2)C1. The summed E-state index contributed by atoms with van der Waals surface area (Å²) in [6.07, 6.45) is 3.17. The summed E-state index contributed by atoms with van der Waals surface area (Å²) in [6.45, 7) is 2.83. The van der Waals surface area contributed by atoms with Crippen molar-refractivity contribution in [2.45, 2.75) is 25.0 Å². The van der Waals surface area contributed by atoms with Crippen LogP contribution in [0.1, 0.15) is 12.8 Å². The van der Waals surface area contributed by atoms with Crippen molar-refractivity contribution in [1.29, 1.82) is 0 Å². The summed E-state index contributed by atoms with van der Waals surface area (Å²) >= 11 is 0. The Labute approximate surface area is 66.9 Å². The Hall–Kier alpha value is -0.120. The first-order chi connectivity index (χ1) is 5.40. The van der Waals surface area contributed by atoms with Crippen LogP contribution in [0, 0.1) is 0 Å². The van der Waals surface area contributed by atoms with E-state index < -0.39 is 0 Å². The molecule has 2 fully saturated rings. The normalized spacial score (nSPS) is 27.0. The van der Waals surface area contributed by atoms with Gasteiger partial charge in [0.1, 0.15) is 0 Å². The molecule has 2 rings (SSSR count). The molecule has 0 radical (unpaired) electrons. The fourth-order valence-electron chi connectivity index (χ4n) is 1.53. The number of hydrogen-bond acceptors (Lipinski definition) is 3. The van der Waals surface area contributed by atoms with Crippen LogP contribution in [-0.4, -0.2) is 48.5 Å². The van der Waals surface area contributed by atoms with Gasteiger partial charge in [0.25, 0.3) is 0 Å². The molecular weight excluding hydrogens is 142 g/mol. The highest BCUT2D eigenvalue weighted by Crippen LogP contribution is 2.31. The Morgan fingerprint density at radius 3 is 2.64 bits per heavy atom. The number of aliphatic hydroxyl groups excluding tert-OH is 1. The van der Waals surface area contributed by atoms with Crippen molar-refractivity contribution in [3.8, 4) is 0 Å². The monoisotopic (exact) mass is 157 g/mol. The fraction of sp³-hybridized carbons (Fsp3) is 1.00. The van der Waals surface area contributed by atoms with Crippen molar-refractivity contribution in [3.63, 3.8) is 0 Å². The average molecular weight is 157 g/mol. The maximum absolute atomic E-state index is 8.48. The van der Waals surface area contributed by atoms with Gasteiger partial charge in [-0.1, -0.05) is 0 Å². The second kappa shape index (κ2) is 3.09. The van der Waals surface area contributed by atoms with Gasteiger partial charge in [0, 0.05) is 19.1 Å². The third kappa shape index (κ3) is 1.72. The summed E-state index contributed by atoms with van der Waals surface area (Å²) in [7, 11) is 0. The zero-order valence-electron chi connectivity index (χ0n) is 6.70. The molecule has 11 heavy (non-hydrogen) atoms. The molecule has 1 heterocycles. The van der Waals surface area contributed by atoms with Gasteiger partial charge in [-0.2, -0.15) is 0 Å². The van der Waals surface area contributed by atoms with Gasteiger partial charge in [-0.15, -0.1) is 0 Å². The van der Waals surface area contributed by atoms with Crippen LogP contribution in [-0.2, 0) is 4.74 Å². The second-order valence-electron chi connectivity index (χ2n) is 3.40. The standard InChI is InChI=1S/C8H15NO2/c10-3-4-11-8-5-9(6-8)7-1-2-7/h7-8,10H,1-6H2. The summed E-state index contributed by atoms with van der Waals surface area (Å²) < 4.78 is 5.34. The summed E-state index contributed by atoms with van der Waals surface area (Å²) in [5.74, 6) is 0. The van der Waals surface area contributed by atoms with Crippen LogP contribution in [0.15, 0.2) is 0 Å². The second-order valence-corrected chi connectivity index (χ2v) is 3.40. The maximum atomic E-state index is 8.48. The summed E-state index contributed by atoms with van der Waals surface area (Å²) in [6, 6.07) is 0.879. The van der Waals surface area contributed by atoms with E-state index in [4.69, 9.17) is 9.84 Å². The van der Waals surface area contributed by atoms with Gasteiger partial charge in [-0.25, -0.2) is 0 Å². The highest BCUT2D eigenvalue weighted by atomic mass is 16.5. The van der Waals surface area contributed by atoms with Gasteiger partial charge in [-0.05, 0) is 12.8 Å². The molecule has 1 saturated carbocycles. The lowest BCUT2D eigenvalue weighted by molar-refractivity contribution is -0.0665. The number of rotatable bonds is 4. The zero-order chi connectivity index (χ0) is 7.68. The lowest BCUT2D eigenvalue weighted by Gasteiger charge is -2.38. The van der Waals surface area contributed by atoms with Gasteiger partial charge in [0.05, 0.1) is 19.3 Å². The smallest absolute Gasteiger partial charge is 0.0830 e. The van der Waals surface area contributed by atoms with Gasteiger partial charge in [-0.3, -0.25) is 4.90 Å². The number of nitrogens with zero attached hydrogens (tertiary/aromatic N) is 1. The lowest BCUT2D eigenvalue weighted by atomic mass is 10.1. The minimum atomic E-state index is 0.153. The van der Waals surface area contributed by atoms with Crippen LogP contribution in [0.5, 0.6) is 0 Å². The molecule has 64 valence electrons. The minimum Gasteiger partial charge on any atom is -0.394 e. The van der Waals surface area contributed by atoms with Crippen LogP contribution >= 0.6 is 0 Å². The van der Waals surface area contributed by atoms with Gasteiger partial charge in [0.2, 0.25) is 0 Å². The van der Waals surface area contributed by atoms with Crippen molar-refractivity contribution < 1.29 is 9.84 Å². The number of ether oxygens (including phenoxy) is 1. The third-order valence-corrected chi connectivity index (χ3v) is 2.38. The molecule has 0 spiro atoms. The average Bonchev–Trinajstić information content (AvgIpc) is 2.68. The molecule has 0 atom stereocenters. The van der Waals surface area contributed by atoms with E-state index in [-0.39, 0.29) is 6.61 Å². The van der Waals surface area contributed by atoms with Crippen LogP contribution in [0.25, 0.3) is 0 Å². The van der Waals surface area contributed by atoms with Crippen molar-refractivity contribution in [2.24, 2.45) is 0 Å². The van der Waals surface area contributed by atoms with E-state index in [1.54, 1.807) is 0 Å². The fourth-order valence-corrected chi connectivity index (χ4v) is 1.53. The largest absolute Gasteiger partial charge is 0.394 e. The summed E-state index contributed by atoms with van der Waals surface area (Å²) in [4.78, 5) is 2.46. The Morgan fingerprint density at radius 1 is 1.36 bits per heavy atom. The van der Waals surface area contributed by atoms with Crippen LogP contribution in [0.3, 0.4) is 0 Å². The predicted octanol–water partition coefficient (Wildman–Crippen LogP) is -0.158. The molecule has 1 N–H and O–H groups in total. The first kappa shape index (κ1) is 7.53. The van der Waals surface area contributed by atoms with Crippen molar-refractivity contribution in [2.75, 3.05) is 26.3 Å². The quantitative estimate of drug-likeness (QED) is 0.615. The van der Waals surface area contributed by atoms with E-state index >= 15 is 0 Å². The van der Waals surface area contributed by atoms with E-state index in [1.165, 1.54) is 12.8 Å². The Kier molecular flexibility index (Phi) is 2.11. The molecule has 0 amide bonds. The molecule has 0 unspecified atom stereocenters. The van der Waals surface area contributed by atoms with Crippen molar-refractivity contribution in [1.82, 2.24) is 4.90 Å². The molecule has 0 aromatic carbocycles. The minimum absolute atomic E-state index is 0.153. The van der Waals surface area contributed by atoms with E-state index in [2.05, 4.69) is 4.90 Å². The Balaban J connectivity index is 1.56. The highest BCUT2D eigenvalue weighted by Gasteiger charge is 2.38. The summed E-state index contributed by atoms with van der Waals surface area (Å²) in [5, 5.41) is 8.48. The molecule has 0 aromatic heterocycles. The van der Waals surface area contributed by atoms with Gasteiger partial charge in [0.15, 0.2) is 0 Å². The molecule has 2 aliphatic rings. The van der Waals surface area contributed by atoms with E-state index in [0.717, 1.165) is 19.1 Å². The predicted molar refractivity (Wildman–Crippen MR) is 41.4 cm³/mol. The van der Waals surface area contributed by atoms with Crippen LogP contribution in [0.2, 0.25) is 0 Å². The molecule has 1 saturated heterocycles.